The number of carbonyl (C=O) groups is 1. The molecule has 1 amide bonds. The molecule has 9 heteroatoms. The van der Waals surface area contributed by atoms with Gasteiger partial charge in [0.15, 0.2) is 11.5 Å². The first-order valence-electron chi connectivity index (χ1n) is 13.5. The average molecular weight is 527 g/mol. The number of imidazole rings is 1. The molecular formula is C30H34N6O3. The maximum Gasteiger partial charge on any atom is 0.410 e. The lowest BCUT2D eigenvalue weighted by atomic mass is 9.60. The van der Waals surface area contributed by atoms with Gasteiger partial charge in [-0.2, -0.15) is 0 Å². The number of aromatic nitrogens is 4. The van der Waals surface area contributed by atoms with Gasteiger partial charge in [0.1, 0.15) is 17.4 Å². The summed E-state index contributed by atoms with van der Waals surface area (Å²) >= 11 is 0. The Morgan fingerprint density at radius 2 is 1.59 bits per heavy atom. The van der Waals surface area contributed by atoms with Gasteiger partial charge in [-0.05, 0) is 44.7 Å². The van der Waals surface area contributed by atoms with Crippen LogP contribution in [0.25, 0.3) is 11.2 Å². The number of ether oxygens (including phenoxy) is 1. The molecule has 3 heterocycles. The molecular weight excluding hydrogens is 492 g/mol. The summed E-state index contributed by atoms with van der Waals surface area (Å²) in [5, 5.41) is 0. The third-order valence-corrected chi connectivity index (χ3v) is 7.62. The molecule has 0 atom stereocenters. The maximum absolute atomic E-state index is 13.2. The number of fused-ring (bicyclic) bond motifs is 1. The number of benzene rings is 2. The van der Waals surface area contributed by atoms with Gasteiger partial charge < -0.3 is 19.5 Å². The van der Waals surface area contributed by atoms with E-state index >= 15 is 0 Å². The fourth-order valence-corrected chi connectivity index (χ4v) is 5.92. The molecule has 1 spiro atoms. The van der Waals surface area contributed by atoms with E-state index in [4.69, 9.17) is 4.74 Å². The Bertz CT molecular complexity index is 1480. The van der Waals surface area contributed by atoms with Crippen molar-refractivity contribution in [3.8, 4) is 0 Å². The largest absolute Gasteiger partial charge is 0.444 e. The second-order valence-electron chi connectivity index (χ2n) is 11.9. The standard InChI is InChI=1S/C30H34N6O3/c1-29(2,3)39-28(38)35-18-30(19-35)14-23(15-30)36-26-24(33-27(36)37)25(31-20-32-26)34(16-21-10-6-4-7-11-21)17-22-12-8-5-9-13-22/h4-13,20,23H,14-19H2,1-3H3,(H,33,37). The van der Waals surface area contributed by atoms with E-state index in [-0.39, 0.29) is 23.2 Å². The van der Waals surface area contributed by atoms with E-state index in [1.54, 1.807) is 15.8 Å². The van der Waals surface area contributed by atoms with Crippen LogP contribution >= 0.6 is 0 Å². The molecule has 2 aliphatic rings. The number of anilines is 1. The summed E-state index contributed by atoms with van der Waals surface area (Å²) in [5.41, 5.74) is 2.96. The van der Waals surface area contributed by atoms with E-state index < -0.39 is 5.60 Å². The lowest BCUT2D eigenvalue weighted by Crippen LogP contribution is -2.64. The van der Waals surface area contributed by atoms with E-state index in [1.807, 2.05) is 57.2 Å². The molecule has 1 aliphatic heterocycles. The monoisotopic (exact) mass is 526 g/mol. The number of hydrogen-bond donors (Lipinski definition) is 1. The normalized spacial score (nSPS) is 16.6. The molecule has 2 fully saturated rings. The average Bonchev–Trinajstić information content (AvgIpc) is 3.18. The minimum absolute atomic E-state index is 0.0338. The summed E-state index contributed by atoms with van der Waals surface area (Å²) in [6, 6.07) is 20.5. The summed E-state index contributed by atoms with van der Waals surface area (Å²) < 4.78 is 7.29. The van der Waals surface area contributed by atoms with Crippen LogP contribution in [0.15, 0.2) is 71.8 Å². The fraction of sp³-hybridized carbons (Fsp3) is 0.400. The molecule has 1 N–H and O–H groups in total. The summed E-state index contributed by atoms with van der Waals surface area (Å²) in [6.45, 7) is 8.24. The molecule has 2 aromatic heterocycles. The minimum atomic E-state index is -0.508. The molecule has 1 saturated heterocycles. The van der Waals surface area contributed by atoms with Crippen molar-refractivity contribution in [3.63, 3.8) is 0 Å². The van der Waals surface area contributed by atoms with Gasteiger partial charge >= 0.3 is 11.8 Å². The molecule has 9 nitrogen and oxygen atoms in total. The molecule has 0 unspecified atom stereocenters. The summed E-state index contributed by atoms with van der Waals surface area (Å²) in [5.74, 6) is 0.706. The van der Waals surface area contributed by atoms with Gasteiger partial charge in [-0.15, -0.1) is 0 Å². The van der Waals surface area contributed by atoms with Crippen LogP contribution in [0.1, 0.15) is 50.8 Å². The highest BCUT2D eigenvalue weighted by atomic mass is 16.6. The number of rotatable bonds is 6. The summed E-state index contributed by atoms with van der Waals surface area (Å²) in [4.78, 5) is 41.8. The minimum Gasteiger partial charge on any atom is -0.444 e. The molecule has 0 radical (unpaired) electrons. The van der Waals surface area contributed by atoms with Crippen molar-refractivity contribution in [2.45, 2.75) is 58.3 Å². The lowest BCUT2D eigenvalue weighted by Gasteiger charge is -2.58. The van der Waals surface area contributed by atoms with E-state index in [2.05, 4.69) is 44.1 Å². The predicted octanol–water partition coefficient (Wildman–Crippen LogP) is 4.90. The van der Waals surface area contributed by atoms with Crippen LogP contribution in [0.4, 0.5) is 10.6 Å². The molecule has 39 heavy (non-hydrogen) atoms. The van der Waals surface area contributed by atoms with Gasteiger partial charge in [-0.3, -0.25) is 4.57 Å². The number of likely N-dealkylation sites (tertiary alicyclic amines) is 1. The third-order valence-electron chi connectivity index (χ3n) is 7.62. The van der Waals surface area contributed by atoms with Gasteiger partial charge in [0.25, 0.3) is 0 Å². The van der Waals surface area contributed by atoms with Gasteiger partial charge in [0.2, 0.25) is 0 Å². The Hall–Kier alpha value is -4.14. The van der Waals surface area contributed by atoms with Crippen LogP contribution in [0.5, 0.6) is 0 Å². The molecule has 6 rings (SSSR count). The number of amides is 1. The number of aromatic amines is 1. The second kappa shape index (κ2) is 9.55. The van der Waals surface area contributed by atoms with Crippen LogP contribution in [0, 0.1) is 5.41 Å². The quantitative estimate of drug-likeness (QED) is 0.384. The topological polar surface area (TPSA) is 96.3 Å². The Morgan fingerprint density at radius 3 is 2.15 bits per heavy atom. The van der Waals surface area contributed by atoms with Crippen molar-refractivity contribution in [1.82, 2.24) is 24.4 Å². The highest BCUT2D eigenvalue weighted by Crippen LogP contribution is 2.54. The van der Waals surface area contributed by atoms with E-state index in [0.29, 0.717) is 43.2 Å². The molecule has 202 valence electrons. The number of hydrogen-bond acceptors (Lipinski definition) is 6. The van der Waals surface area contributed by atoms with Crippen LogP contribution in [0.3, 0.4) is 0 Å². The predicted molar refractivity (Wildman–Crippen MR) is 149 cm³/mol. The van der Waals surface area contributed by atoms with Crippen molar-refractivity contribution in [3.05, 3.63) is 88.6 Å². The zero-order valence-electron chi connectivity index (χ0n) is 22.6. The van der Waals surface area contributed by atoms with Crippen LogP contribution in [-0.4, -0.2) is 49.2 Å². The third kappa shape index (κ3) is 5.01. The van der Waals surface area contributed by atoms with Crippen LogP contribution in [-0.2, 0) is 17.8 Å². The Labute approximate surface area is 227 Å². The Morgan fingerprint density at radius 1 is 1.00 bits per heavy atom. The number of nitrogens with one attached hydrogen (secondary N) is 1. The van der Waals surface area contributed by atoms with Crippen molar-refractivity contribution in [1.29, 1.82) is 0 Å². The van der Waals surface area contributed by atoms with Crippen molar-refractivity contribution in [2.24, 2.45) is 5.41 Å². The van der Waals surface area contributed by atoms with Gasteiger partial charge in [-0.25, -0.2) is 19.6 Å². The SMILES string of the molecule is CC(C)(C)OC(=O)N1CC2(CC(n3c(=O)[nH]c4c(N(Cc5ccccc5)Cc5ccccc5)ncnc43)C2)C1. The molecule has 2 aromatic carbocycles. The van der Waals surface area contributed by atoms with Crippen LogP contribution in [0.2, 0.25) is 0 Å². The highest BCUT2D eigenvalue weighted by molar-refractivity contribution is 5.83. The van der Waals surface area contributed by atoms with Crippen molar-refractivity contribution in [2.75, 3.05) is 18.0 Å². The zero-order valence-corrected chi connectivity index (χ0v) is 22.6. The summed E-state index contributed by atoms with van der Waals surface area (Å²) in [6.07, 6.45) is 2.94. The fourth-order valence-electron chi connectivity index (χ4n) is 5.92. The van der Waals surface area contributed by atoms with Crippen LogP contribution < -0.4 is 10.6 Å². The van der Waals surface area contributed by atoms with Crippen molar-refractivity contribution < 1.29 is 9.53 Å². The van der Waals surface area contributed by atoms with E-state index in [0.717, 1.165) is 24.0 Å². The van der Waals surface area contributed by atoms with Crippen molar-refractivity contribution >= 4 is 23.1 Å². The molecule has 1 saturated carbocycles. The van der Waals surface area contributed by atoms with Gasteiger partial charge in [0, 0.05) is 37.6 Å². The number of nitrogens with zero attached hydrogens (tertiary/aromatic N) is 5. The Kier molecular flexibility index (Phi) is 6.16. The Balaban J connectivity index is 1.24. The molecule has 1 aliphatic carbocycles. The maximum atomic E-state index is 13.2. The molecule has 4 aromatic rings. The lowest BCUT2D eigenvalue weighted by molar-refractivity contribution is -0.0906. The van der Waals surface area contributed by atoms with E-state index in [9.17, 15) is 9.59 Å². The number of H-pyrrole nitrogens is 1. The first kappa shape index (κ1) is 25.2. The number of carbonyl (C=O) groups excluding carboxylic acids is 1. The second-order valence-corrected chi connectivity index (χ2v) is 11.9. The van der Waals surface area contributed by atoms with Gasteiger partial charge in [-0.1, -0.05) is 60.7 Å². The zero-order chi connectivity index (χ0) is 27.2. The molecule has 0 bridgehead atoms. The first-order chi connectivity index (χ1) is 18.7. The van der Waals surface area contributed by atoms with Gasteiger partial charge in [0.05, 0.1) is 0 Å². The summed E-state index contributed by atoms with van der Waals surface area (Å²) in [7, 11) is 0. The highest BCUT2D eigenvalue weighted by Gasteiger charge is 2.55. The first-order valence-corrected chi connectivity index (χ1v) is 13.5. The smallest absolute Gasteiger partial charge is 0.410 e. The van der Waals surface area contributed by atoms with E-state index in [1.165, 1.54) is 0 Å².